The second-order valence-corrected chi connectivity index (χ2v) is 5.96. The van der Waals surface area contributed by atoms with Crippen molar-refractivity contribution in [3.05, 3.63) is 45.6 Å². The van der Waals surface area contributed by atoms with E-state index in [1.165, 1.54) is 16.0 Å². The number of hydrogen-bond donors (Lipinski definition) is 1. The third-order valence-electron chi connectivity index (χ3n) is 3.39. The fourth-order valence-electron chi connectivity index (χ4n) is 2.22. The smallest absolute Gasteiger partial charge is 0.161 e. The van der Waals surface area contributed by atoms with E-state index in [-0.39, 0.29) is 0 Å². The molecule has 4 heteroatoms. The van der Waals surface area contributed by atoms with Crippen LogP contribution < -0.4 is 14.8 Å². The Kier molecular flexibility index (Phi) is 4.23. The zero-order chi connectivity index (χ0) is 13.8. The lowest BCUT2D eigenvalue weighted by atomic mass is 10.2. The maximum absolute atomic E-state index is 5.71. The minimum atomic E-state index is 0.734. The van der Waals surface area contributed by atoms with E-state index >= 15 is 0 Å². The van der Waals surface area contributed by atoms with Gasteiger partial charge in [-0.1, -0.05) is 6.07 Å². The third kappa shape index (κ3) is 3.14. The molecule has 1 aromatic heterocycles. The van der Waals surface area contributed by atoms with Gasteiger partial charge < -0.3 is 14.8 Å². The molecular formula is C16H19NO2S. The molecule has 1 aromatic carbocycles. The first-order chi connectivity index (χ1) is 9.83. The summed E-state index contributed by atoms with van der Waals surface area (Å²) in [6.45, 7) is 5.38. The molecule has 1 N–H and O–H groups in total. The molecule has 0 saturated carbocycles. The van der Waals surface area contributed by atoms with Gasteiger partial charge in [-0.2, -0.15) is 0 Å². The highest BCUT2D eigenvalue weighted by molar-refractivity contribution is 7.10. The van der Waals surface area contributed by atoms with Gasteiger partial charge in [0.2, 0.25) is 0 Å². The minimum absolute atomic E-state index is 0.734. The second kappa shape index (κ2) is 6.29. The van der Waals surface area contributed by atoms with Crippen LogP contribution in [0.5, 0.6) is 11.5 Å². The van der Waals surface area contributed by atoms with E-state index in [4.69, 9.17) is 9.47 Å². The van der Waals surface area contributed by atoms with Gasteiger partial charge >= 0.3 is 0 Å². The summed E-state index contributed by atoms with van der Waals surface area (Å²) in [5.41, 5.74) is 2.59. The van der Waals surface area contributed by atoms with Crippen molar-refractivity contribution in [2.24, 2.45) is 0 Å². The minimum Gasteiger partial charge on any atom is -0.490 e. The van der Waals surface area contributed by atoms with Crippen molar-refractivity contribution in [3.63, 3.8) is 0 Å². The Morgan fingerprint density at radius 3 is 2.75 bits per heavy atom. The Balaban J connectivity index is 1.60. The Morgan fingerprint density at radius 2 is 1.95 bits per heavy atom. The van der Waals surface area contributed by atoms with Crippen LogP contribution in [-0.4, -0.2) is 13.2 Å². The van der Waals surface area contributed by atoms with Crippen molar-refractivity contribution in [2.45, 2.75) is 26.4 Å². The number of thiophene rings is 1. The topological polar surface area (TPSA) is 30.5 Å². The van der Waals surface area contributed by atoms with Crippen LogP contribution in [0.4, 0.5) is 0 Å². The molecule has 2 heterocycles. The van der Waals surface area contributed by atoms with E-state index in [2.05, 4.69) is 35.8 Å². The van der Waals surface area contributed by atoms with E-state index in [0.717, 1.165) is 44.2 Å². The van der Waals surface area contributed by atoms with Crippen LogP contribution in [0.15, 0.2) is 29.6 Å². The van der Waals surface area contributed by atoms with Gasteiger partial charge in [-0.3, -0.25) is 0 Å². The Hall–Kier alpha value is -1.52. The normalized spacial score (nSPS) is 14.1. The predicted octanol–water partition coefficient (Wildman–Crippen LogP) is 3.51. The molecule has 0 unspecified atom stereocenters. The molecule has 1 aliphatic heterocycles. The van der Waals surface area contributed by atoms with Gasteiger partial charge in [0.05, 0.1) is 13.2 Å². The average molecular weight is 289 g/mol. The molecule has 0 fully saturated rings. The average Bonchev–Trinajstić information content (AvgIpc) is 2.73. The summed E-state index contributed by atoms with van der Waals surface area (Å²) in [5, 5.41) is 5.62. The van der Waals surface area contributed by atoms with Crippen LogP contribution in [0.25, 0.3) is 0 Å². The molecule has 0 spiro atoms. The van der Waals surface area contributed by atoms with Gasteiger partial charge in [0.15, 0.2) is 11.5 Å². The molecule has 0 atom stereocenters. The van der Waals surface area contributed by atoms with Gasteiger partial charge in [-0.15, -0.1) is 11.3 Å². The molecule has 0 radical (unpaired) electrons. The standard InChI is InChI=1S/C16H19NO2S/c1-12-5-8-20-16(12)11-17-10-13-3-4-14-15(9-13)19-7-2-6-18-14/h3-5,8-9,17H,2,6-7,10-11H2,1H3. The summed E-state index contributed by atoms with van der Waals surface area (Å²) in [7, 11) is 0. The molecule has 1 aliphatic rings. The highest BCUT2D eigenvalue weighted by atomic mass is 32.1. The van der Waals surface area contributed by atoms with Crippen molar-refractivity contribution in [2.75, 3.05) is 13.2 Å². The van der Waals surface area contributed by atoms with Crippen LogP contribution in [0.2, 0.25) is 0 Å². The van der Waals surface area contributed by atoms with Crippen molar-refractivity contribution < 1.29 is 9.47 Å². The quantitative estimate of drug-likeness (QED) is 0.934. The number of aryl methyl sites for hydroxylation is 1. The molecule has 106 valence electrons. The van der Waals surface area contributed by atoms with Crippen LogP contribution >= 0.6 is 11.3 Å². The first kappa shape index (κ1) is 13.5. The first-order valence-electron chi connectivity index (χ1n) is 6.95. The molecular weight excluding hydrogens is 270 g/mol. The Morgan fingerprint density at radius 1 is 1.10 bits per heavy atom. The fraction of sp³-hybridized carbons (Fsp3) is 0.375. The van der Waals surface area contributed by atoms with Gasteiger partial charge in [0.25, 0.3) is 0 Å². The first-order valence-corrected chi connectivity index (χ1v) is 7.83. The summed E-state index contributed by atoms with van der Waals surface area (Å²) in [6.07, 6.45) is 0.944. The number of ether oxygens (including phenoxy) is 2. The maximum Gasteiger partial charge on any atom is 0.161 e. The van der Waals surface area contributed by atoms with Crippen molar-refractivity contribution in [3.8, 4) is 11.5 Å². The summed E-state index contributed by atoms with van der Waals surface area (Å²) in [4.78, 5) is 1.40. The summed E-state index contributed by atoms with van der Waals surface area (Å²) in [6, 6.07) is 8.35. The lowest BCUT2D eigenvalue weighted by Gasteiger charge is -2.10. The summed E-state index contributed by atoms with van der Waals surface area (Å²) < 4.78 is 11.3. The van der Waals surface area contributed by atoms with E-state index < -0.39 is 0 Å². The number of benzene rings is 1. The molecule has 3 nitrogen and oxygen atoms in total. The third-order valence-corrected chi connectivity index (χ3v) is 4.42. The van der Waals surface area contributed by atoms with Gasteiger partial charge in [-0.25, -0.2) is 0 Å². The summed E-state index contributed by atoms with van der Waals surface area (Å²) in [5.74, 6) is 1.73. The van der Waals surface area contributed by atoms with Gasteiger partial charge in [-0.05, 0) is 41.6 Å². The van der Waals surface area contributed by atoms with Crippen LogP contribution in [0.1, 0.15) is 22.4 Å². The number of fused-ring (bicyclic) bond motifs is 1. The van der Waals surface area contributed by atoms with E-state index in [0.29, 0.717) is 0 Å². The van der Waals surface area contributed by atoms with E-state index in [1.807, 2.05) is 6.07 Å². The predicted molar refractivity (Wildman–Crippen MR) is 81.6 cm³/mol. The molecule has 2 aromatic rings. The monoisotopic (exact) mass is 289 g/mol. The number of nitrogens with one attached hydrogen (secondary N) is 1. The van der Waals surface area contributed by atoms with E-state index in [1.54, 1.807) is 11.3 Å². The Labute approximate surface area is 123 Å². The zero-order valence-electron chi connectivity index (χ0n) is 11.6. The number of hydrogen-bond acceptors (Lipinski definition) is 4. The molecule has 0 amide bonds. The molecule has 20 heavy (non-hydrogen) atoms. The highest BCUT2D eigenvalue weighted by Gasteiger charge is 2.10. The lowest BCUT2D eigenvalue weighted by molar-refractivity contribution is 0.297. The van der Waals surface area contributed by atoms with Gasteiger partial charge in [0.1, 0.15) is 0 Å². The van der Waals surface area contributed by atoms with Gasteiger partial charge in [0, 0.05) is 24.4 Å². The molecule has 0 aliphatic carbocycles. The highest BCUT2D eigenvalue weighted by Crippen LogP contribution is 2.30. The Bertz CT molecular complexity index is 580. The largest absolute Gasteiger partial charge is 0.490 e. The van der Waals surface area contributed by atoms with Crippen LogP contribution in [0.3, 0.4) is 0 Å². The molecule has 3 rings (SSSR count). The van der Waals surface area contributed by atoms with Crippen molar-refractivity contribution >= 4 is 11.3 Å². The van der Waals surface area contributed by atoms with E-state index in [9.17, 15) is 0 Å². The second-order valence-electron chi connectivity index (χ2n) is 4.96. The van der Waals surface area contributed by atoms with Crippen molar-refractivity contribution in [1.82, 2.24) is 5.32 Å². The van der Waals surface area contributed by atoms with Crippen molar-refractivity contribution in [1.29, 1.82) is 0 Å². The molecule has 0 saturated heterocycles. The maximum atomic E-state index is 5.71. The van der Waals surface area contributed by atoms with Crippen LogP contribution in [0, 0.1) is 6.92 Å². The zero-order valence-corrected chi connectivity index (χ0v) is 12.5. The van der Waals surface area contributed by atoms with Crippen LogP contribution in [-0.2, 0) is 13.1 Å². The number of rotatable bonds is 4. The SMILES string of the molecule is Cc1ccsc1CNCc1ccc2c(c1)OCCCO2. The fourth-order valence-corrected chi connectivity index (χ4v) is 3.10. The lowest BCUT2D eigenvalue weighted by Crippen LogP contribution is -2.12. The summed E-state index contributed by atoms with van der Waals surface area (Å²) >= 11 is 1.80. The molecule has 0 bridgehead atoms.